The molecule has 8 nitrogen and oxygen atoms in total. The van der Waals surface area contributed by atoms with Crippen LogP contribution in [-0.2, 0) is 14.3 Å². The molecule has 0 N–H and O–H groups in total. The lowest BCUT2D eigenvalue weighted by atomic mass is 10.1. The van der Waals surface area contributed by atoms with Crippen LogP contribution in [0, 0.1) is 11.3 Å². The Hall–Kier alpha value is -3.09. The second-order valence-electron chi connectivity index (χ2n) is 7.16. The number of pyridine rings is 2. The Bertz CT molecular complexity index is 1180. The second-order valence-corrected chi connectivity index (χ2v) is 9.91. The average molecular weight is 426 g/mol. The van der Waals surface area contributed by atoms with Crippen molar-refractivity contribution >= 4 is 26.7 Å². The fourth-order valence-corrected chi connectivity index (χ4v) is 4.76. The molecule has 1 saturated heterocycles. The van der Waals surface area contributed by atoms with Gasteiger partial charge in [0.2, 0.25) is 0 Å². The lowest BCUT2D eigenvalue weighted by Crippen LogP contribution is -2.40. The zero-order valence-corrected chi connectivity index (χ0v) is 17.6. The average Bonchev–Trinajstić information content (AvgIpc) is 3.17. The maximum Gasteiger partial charge on any atom is 0.138 e. The third-order valence-corrected chi connectivity index (χ3v) is 6.97. The predicted octanol–water partition coefficient (Wildman–Crippen LogP) is 1.83. The Balaban J connectivity index is 1.67. The largest absolute Gasteiger partial charge is 0.490 e. The molecule has 1 fully saturated rings. The highest BCUT2D eigenvalue weighted by atomic mass is 32.2. The van der Waals surface area contributed by atoms with Gasteiger partial charge < -0.3 is 14.4 Å². The number of methoxy groups -OCH3 is 1. The van der Waals surface area contributed by atoms with Crippen molar-refractivity contribution in [2.75, 3.05) is 49.8 Å². The molecule has 1 aliphatic rings. The molecule has 156 valence electrons. The van der Waals surface area contributed by atoms with E-state index >= 15 is 0 Å². The Morgan fingerprint density at radius 2 is 2.07 bits per heavy atom. The predicted molar refractivity (Wildman–Crippen MR) is 118 cm³/mol. The van der Waals surface area contributed by atoms with Crippen molar-refractivity contribution in [2.45, 2.75) is 0 Å². The van der Waals surface area contributed by atoms with Gasteiger partial charge in [0.15, 0.2) is 0 Å². The van der Waals surface area contributed by atoms with Crippen molar-refractivity contribution in [1.82, 2.24) is 14.6 Å². The van der Waals surface area contributed by atoms with Crippen LogP contribution in [0.25, 0.3) is 16.6 Å². The smallest absolute Gasteiger partial charge is 0.138 e. The van der Waals surface area contributed by atoms with Gasteiger partial charge in [0, 0.05) is 49.0 Å². The molecule has 1 aliphatic heterocycles. The van der Waals surface area contributed by atoms with Gasteiger partial charge in [-0.3, -0.25) is 4.21 Å². The Labute approximate surface area is 175 Å². The van der Waals surface area contributed by atoms with E-state index in [0.717, 1.165) is 16.9 Å². The summed E-state index contributed by atoms with van der Waals surface area (Å²) in [6.45, 7) is 2.25. The second kappa shape index (κ2) is 8.34. The summed E-state index contributed by atoms with van der Waals surface area (Å²) in [4.78, 5) is 6.74. The number of nitrogens with zero attached hydrogens (tertiary/aromatic N) is 5. The summed E-state index contributed by atoms with van der Waals surface area (Å²) >= 11 is 0. The number of hydrogen-bond acceptors (Lipinski definition) is 7. The minimum Gasteiger partial charge on any atom is -0.490 e. The molecule has 0 radical (unpaired) electrons. The topological polar surface area (TPSA) is 92.8 Å². The number of nitriles is 1. The molecule has 3 aromatic heterocycles. The van der Waals surface area contributed by atoms with Gasteiger partial charge >= 0.3 is 0 Å². The fraction of sp³-hybridized carbons (Fsp3) is 0.333. The van der Waals surface area contributed by atoms with Crippen LogP contribution in [0.2, 0.25) is 0 Å². The molecule has 0 atom stereocenters. The van der Waals surface area contributed by atoms with Crippen molar-refractivity contribution in [1.29, 1.82) is 5.26 Å². The summed E-state index contributed by atoms with van der Waals surface area (Å²) in [6.07, 6.45) is 5.08. The summed E-state index contributed by atoms with van der Waals surface area (Å²) < 4.78 is 24.6. The summed E-state index contributed by atoms with van der Waals surface area (Å²) in [5.41, 5.74) is 2.87. The lowest BCUT2D eigenvalue weighted by Gasteiger charge is -2.29. The SMILES string of the molecule is C=S1(=O)CCN(c2ccc(-c3cc(OCCOC)cn4ncc(C#N)c34)cn2)CC1. The van der Waals surface area contributed by atoms with Crippen molar-refractivity contribution < 1.29 is 13.7 Å². The van der Waals surface area contributed by atoms with Crippen LogP contribution in [-0.4, -0.2) is 69.6 Å². The summed E-state index contributed by atoms with van der Waals surface area (Å²) in [5, 5.41) is 13.8. The molecule has 4 rings (SSSR count). The molecule has 30 heavy (non-hydrogen) atoms. The van der Waals surface area contributed by atoms with E-state index in [4.69, 9.17) is 9.47 Å². The van der Waals surface area contributed by atoms with E-state index in [-0.39, 0.29) is 0 Å². The molecule has 4 heterocycles. The number of rotatable bonds is 6. The molecule has 9 heteroatoms. The van der Waals surface area contributed by atoms with E-state index in [1.807, 2.05) is 18.2 Å². The molecule has 0 amide bonds. The molecular weight excluding hydrogens is 402 g/mol. The normalized spacial score (nSPS) is 15.8. The molecular formula is C21H23N5O3S. The van der Waals surface area contributed by atoms with Crippen LogP contribution in [0.3, 0.4) is 0 Å². The third-order valence-electron chi connectivity index (χ3n) is 5.11. The van der Waals surface area contributed by atoms with Gasteiger partial charge in [-0.05, 0) is 33.6 Å². The Morgan fingerprint density at radius 1 is 1.27 bits per heavy atom. The lowest BCUT2D eigenvalue weighted by molar-refractivity contribution is 0.146. The number of fused-ring (bicyclic) bond motifs is 1. The summed E-state index contributed by atoms with van der Waals surface area (Å²) in [5.74, 6) is 6.45. The van der Waals surface area contributed by atoms with Crippen molar-refractivity contribution in [3.8, 4) is 22.9 Å². The van der Waals surface area contributed by atoms with Crippen LogP contribution < -0.4 is 9.64 Å². The van der Waals surface area contributed by atoms with Crippen LogP contribution in [0.5, 0.6) is 5.75 Å². The first-order valence-corrected chi connectivity index (χ1v) is 11.6. The quantitative estimate of drug-likeness (QED) is 0.439. The highest BCUT2D eigenvalue weighted by Gasteiger charge is 2.19. The molecule has 0 aromatic carbocycles. The number of anilines is 1. The van der Waals surface area contributed by atoms with Crippen LogP contribution in [0.1, 0.15) is 5.56 Å². The highest BCUT2D eigenvalue weighted by molar-refractivity contribution is 8.00. The van der Waals surface area contributed by atoms with Gasteiger partial charge in [0.05, 0.1) is 30.1 Å². The molecule has 0 bridgehead atoms. The maximum atomic E-state index is 12.1. The first-order valence-electron chi connectivity index (χ1n) is 9.58. The first kappa shape index (κ1) is 20.2. The third kappa shape index (κ3) is 4.10. The van der Waals surface area contributed by atoms with Gasteiger partial charge in [-0.2, -0.15) is 10.4 Å². The van der Waals surface area contributed by atoms with Gasteiger partial charge in [0.25, 0.3) is 0 Å². The molecule has 3 aromatic rings. The zero-order valence-electron chi connectivity index (χ0n) is 16.8. The van der Waals surface area contributed by atoms with Gasteiger partial charge in [-0.15, -0.1) is 0 Å². The molecule has 0 saturated carbocycles. The van der Waals surface area contributed by atoms with Gasteiger partial charge in [-0.1, -0.05) is 0 Å². The summed E-state index contributed by atoms with van der Waals surface area (Å²) in [6, 6.07) is 8.01. The van der Waals surface area contributed by atoms with E-state index in [9.17, 15) is 9.47 Å². The van der Waals surface area contributed by atoms with Gasteiger partial charge in [0.1, 0.15) is 24.2 Å². The Morgan fingerprint density at radius 3 is 2.73 bits per heavy atom. The minimum atomic E-state index is -1.95. The number of aromatic nitrogens is 3. The maximum absolute atomic E-state index is 12.1. The van der Waals surface area contributed by atoms with Crippen molar-refractivity contribution in [3.63, 3.8) is 0 Å². The van der Waals surface area contributed by atoms with Crippen LogP contribution >= 0.6 is 0 Å². The van der Waals surface area contributed by atoms with Gasteiger partial charge in [-0.25, -0.2) is 9.50 Å². The highest BCUT2D eigenvalue weighted by Crippen LogP contribution is 2.31. The summed E-state index contributed by atoms with van der Waals surface area (Å²) in [7, 11) is -0.327. The van der Waals surface area contributed by atoms with E-state index in [2.05, 4.69) is 26.9 Å². The van der Waals surface area contributed by atoms with E-state index in [1.54, 1.807) is 30.2 Å². The monoisotopic (exact) mass is 425 g/mol. The van der Waals surface area contributed by atoms with Crippen molar-refractivity contribution in [3.05, 3.63) is 42.4 Å². The number of hydrogen-bond donors (Lipinski definition) is 0. The standard InChI is InChI=1S/C21H23N5O3S/c1-28-7-8-29-18-11-19(21-17(12-22)14-24-26(21)15-18)16-3-4-20(23-13-16)25-5-9-30(2,27)10-6-25/h3-4,11,13-15H,2,5-10H2,1H3. The number of ether oxygens (including phenoxy) is 2. The molecule has 0 spiro atoms. The van der Waals surface area contributed by atoms with E-state index < -0.39 is 9.52 Å². The van der Waals surface area contributed by atoms with Crippen molar-refractivity contribution in [2.24, 2.45) is 0 Å². The zero-order chi connectivity index (χ0) is 21.1. The van der Waals surface area contributed by atoms with Crippen LogP contribution in [0.4, 0.5) is 5.82 Å². The first-order chi connectivity index (χ1) is 14.5. The molecule has 0 unspecified atom stereocenters. The Kier molecular flexibility index (Phi) is 5.61. The fourth-order valence-electron chi connectivity index (χ4n) is 3.45. The molecule has 0 aliphatic carbocycles. The van der Waals surface area contributed by atoms with E-state index in [1.165, 1.54) is 0 Å². The van der Waals surface area contributed by atoms with Crippen LogP contribution in [0.15, 0.2) is 36.8 Å². The van der Waals surface area contributed by atoms with E-state index in [0.29, 0.717) is 54.6 Å². The minimum absolute atomic E-state index is 0.412.